The third kappa shape index (κ3) is 4.60. The van der Waals surface area contributed by atoms with E-state index in [0.29, 0.717) is 6.61 Å². The van der Waals surface area contributed by atoms with Crippen molar-refractivity contribution < 1.29 is 4.74 Å². The van der Waals surface area contributed by atoms with Crippen LogP contribution in [0, 0.1) is 5.92 Å². The number of hydrogen-bond acceptors (Lipinski definition) is 2. The molecule has 0 amide bonds. The monoisotopic (exact) mass is 312 g/mol. The highest BCUT2D eigenvalue weighted by molar-refractivity contribution is 5.19. The Hall–Kier alpha value is -1.77. The maximum absolute atomic E-state index is 6.09. The zero-order valence-electron chi connectivity index (χ0n) is 14.2. The van der Waals surface area contributed by atoms with Crippen molar-refractivity contribution in [3.05, 3.63) is 47.7 Å². The highest BCUT2D eigenvalue weighted by Gasteiger charge is 2.17. The minimum atomic E-state index is 0.614. The Morgan fingerprint density at radius 2 is 1.91 bits per heavy atom. The topological polar surface area (TPSA) is 27.1 Å². The van der Waals surface area contributed by atoms with E-state index in [9.17, 15) is 0 Å². The molecule has 0 unspecified atom stereocenters. The molecule has 3 heteroatoms. The Bertz CT molecular complexity index is 585. The first-order valence-electron chi connectivity index (χ1n) is 9.08. The number of rotatable bonds is 7. The number of hydrogen-bond donors (Lipinski definition) is 0. The molecule has 3 rings (SSSR count). The van der Waals surface area contributed by atoms with Crippen LogP contribution in [0.4, 0.5) is 0 Å². The number of aryl methyl sites for hydroxylation is 1. The Kier molecular flexibility index (Phi) is 5.73. The summed E-state index contributed by atoms with van der Waals surface area (Å²) < 4.78 is 8.21. The van der Waals surface area contributed by atoms with Crippen LogP contribution >= 0.6 is 0 Å². The maximum atomic E-state index is 6.09. The molecule has 2 aromatic rings. The van der Waals surface area contributed by atoms with E-state index in [-0.39, 0.29) is 0 Å². The molecule has 3 nitrogen and oxygen atoms in total. The summed E-state index contributed by atoms with van der Waals surface area (Å²) in [6.07, 6.45) is 8.95. The van der Waals surface area contributed by atoms with Gasteiger partial charge in [0.2, 0.25) is 5.88 Å². The lowest BCUT2D eigenvalue weighted by Crippen LogP contribution is -2.16. The molecular formula is C20H28N2O. The predicted octanol–water partition coefficient (Wildman–Crippen LogP) is 4.99. The third-order valence-corrected chi connectivity index (χ3v) is 4.69. The van der Waals surface area contributed by atoms with E-state index in [1.165, 1.54) is 37.7 Å². The van der Waals surface area contributed by atoms with Crippen LogP contribution in [0.2, 0.25) is 0 Å². The second-order valence-electron chi connectivity index (χ2n) is 6.68. The number of ether oxygens (including phenoxy) is 1. The first-order chi connectivity index (χ1) is 11.3. The average Bonchev–Trinajstić information content (AvgIpc) is 2.97. The van der Waals surface area contributed by atoms with Crippen LogP contribution in [-0.2, 0) is 19.6 Å². The summed E-state index contributed by atoms with van der Waals surface area (Å²) in [5.41, 5.74) is 2.36. The van der Waals surface area contributed by atoms with Gasteiger partial charge in [-0.25, -0.2) is 4.68 Å². The van der Waals surface area contributed by atoms with Gasteiger partial charge in [0, 0.05) is 12.6 Å². The first kappa shape index (κ1) is 16.1. The minimum Gasteiger partial charge on any atom is -0.473 e. The fraction of sp³-hybridized carbons (Fsp3) is 0.550. The molecule has 1 aromatic heterocycles. The second-order valence-corrected chi connectivity index (χ2v) is 6.68. The fourth-order valence-corrected chi connectivity index (χ4v) is 3.42. The van der Waals surface area contributed by atoms with Crippen molar-refractivity contribution in [2.45, 2.75) is 65.0 Å². The summed E-state index contributed by atoms with van der Waals surface area (Å²) in [6, 6.07) is 12.5. The van der Waals surface area contributed by atoms with Crippen LogP contribution in [0.15, 0.2) is 36.4 Å². The summed E-state index contributed by atoms with van der Waals surface area (Å²) in [7, 11) is 0. The van der Waals surface area contributed by atoms with E-state index in [0.717, 1.165) is 36.9 Å². The Morgan fingerprint density at radius 3 is 2.65 bits per heavy atom. The van der Waals surface area contributed by atoms with Gasteiger partial charge >= 0.3 is 0 Å². The van der Waals surface area contributed by atoms with Crippen LogP contribution < -0.4 is 4.74 Å². The van der Waals surface area contributed by atoms with Gasteiger partial charge in [-0.1, -0.05) is 62.9 Å². The Balaban J connectivity index is 1.68. The van der Waals surface area contributed by atoms with E-state index >= 15 is 0 Å². The maximum Gasteiger partial charge on any atom is 0.212 e. The lowest BCUT2D eigenvalue weighted by Gasteiger charge is -2.22. The van der Waals surface area contributed by atoms with E-state index in [2.05, 4.69) is 41.9 Å². The molecule has 0 aliphatic heterocycles. The first-order valence-corrected chi connectivity index (χ1v) is 9.08. The van der Waals surface area contributed by atoms with Crippen molar-refractivity contribution >= 4 is 0 Å². The van der Waals surface area contributed by atoms with Gasteiger partial charge in [-0.2, -0.15) is 5.10 Å². The lowest BCUT2D eigenvalue weighted by molar-refractivity contribution is 0.245. The lowest BCUT2D eigenvalue weighted by atomic mass is 9.89. The molecular weight excluding hydrogens is 284 g/mol. The minimum absolute atomic E-state index is 0.614. The van der Waals surface area contributed by atoms with E-state index < -0.39 is 0 Å². The van der Waals surface area contributed by atoms with E-state index in [1.807, 2.05) is 6.07 Å². The number of nitrogens with zero attached hydrogens (tertiary/aromatic N) is 2. The summed E-state index contributed by atoms with van der Waals surface area (Å²) in [5, 5.41) is 4.80. The molecule has 124 valence electrons. The highest BCUT2D eigenvalue weighted by atomic mass is 16.5. The Labute approximate surface area is 139 Å². The van der Waals surface area contributed by atoms with Crippen molar-refractivity contribution in [2.75, 3.05) is 0 Å². The summed E-state index contributed by atoms with van der Waals surface area (Å²) in [4.78, 5) is 0. The Morgan fingerprint density at radius 1 is 1.13 bits per heavy atom. The van der Waals surface area contributed by atoms with Gasteiger partial charge in [0.1, 0.15) is 6.61 Å². The molecule has 0 atom stereocenters. The molecule has 1 saturated carbocycles. The average molecular weight is 312 g/mol. The van der Waals surface area contributed by atoms with Crippen LogP contribution in [0.3, 0.4) is 0 Å². The van der Waals surface area contributed by atoms with Gasteiger partial charge in [0.05, 0.1) is 5.69 Å². The third-order valence-electron chi connectivity index (χ3n) is 4.69. The molecule has 0 spiro atoms. The second kappa shape index (κ2) is 8.19. The van der Waals surface area contributed by atoms with Gasteiger partial charge < -0.3 is 4.74 Å². The van der Waals surface area contributed by atoms with E-state index in [4.69, 9.17) is 9.84 Å². The molecule has 1 heterocycles. The summed E-state index contributed by atoms with van der Waals surface area (Å²) in [5.74, 6) is 1.69. The smallest absolute Gasteiger partial charge is 0.212 e. The molecule has 1 aromatic carbocycles. The van der Waals surface area contributed by atoms with Gasteiger partial charge in [-0.15, -0.1) is 0 Å². The zero-order chi connectivity index (χ0) is 15.9. The highest BCUT2D eigenvalue weighted by Crippen LogP contribution is 2.27. The SMILES string of the molecule is CCCc1cc(OCc2ccccc2)n(CC2CCCCC2)n1. The van der Waals surface area contributed by atoms with Crippen molar-refractivity contribution in [2.24, 2.45) is 5.92 Å². The largest absolute Gasteiger partial charge is 0.473 e. The summed E-state index contributed by atoms with van der Waals surface area (Å²) >= 11 is 0. The van der Waals surface area contributed by atoms with E-state index in [1.54, 1.807) is 0 Å². The quantitative estimate of drug-likeness (QED) is 0.720. The van der Waals surface area contributed by atoms with Gasteiger partial charge in [-0.05, 0) is 30.7 Å². The predicted molar refractivity (Wildman–Crippen MR) is 93.6 cm³/mol. The van der Waals surface area contributed by atoms with Crippen LogP contribution in [0.1, 0.15) is 56.7 Å². The zero-order valence-corrected chi connectivity index (χ0v) is 14.2. The standard InChI is InChI=1S/C20H28N2O/c1-2-9-19-14-20(23-16-18-12-7-4-8-13-18)22(21-19)15-17-10-5-3-6-11-17/h4,7-8,12-14,17H,2-3,5-6,9-11,15-16H2,1H3. The molecule has 1 fully saturated rings. The molecule has 23 heavy (non-hydrogen) atoms. The molecule has 0 radical (unpaired) electrons. The molecule has 0 bridgehead atoms. The van der Waals surface area contributed by atoms with Gasteiger partial charge in [0.25, 0.3) is 0 Å². The molecule has 1 aliphatic carbocycles. The fourth-order valence-electron chi connectivity index (χ4n) is 3.42. The molecule has 0 saturated heterocycles. The van der Waals surface area contributed by atoms with Crippen molar-refractivity contribution in [3.8, 4) is 5.88 Å². The van der Waals surface area contributed by atoms with Crippen molar-refractivity contribution in [1.82, 2.24) is 9.78 Å². The van der Waals surface area contributed by atoms with Gasteiger partial charge in [-0.3, -0.25) is 0 Å². The van der Waals surface area contributed by atoms with Crippen LogP contribution in [-0.4, -0.2) is 9.78 Å². The molecule has 0 N–H and O–H groups in total. The molecule has 1 aliphatic rings. The number of aromatic nitrogens is 2. The van der Waals surface area contributed by atoms with Crippen LogP contribution in [0.5, 0.6) is 5.88 Å². The van der Waals surface area contributed by atoms with Crippen molar-refractivity contribution in [3.63, 3.8) is 0 Å². The normalized spacial score (nSPS) is 15.7. The van der Waals surface area contributed by atoms with Gasteiger partial charge in [0.15, 0.2) is 0 Å². The van der Waals surface area contributed by atoms with Crippen molar-refractivity contribution in [1.29, 1.82) is 0 Å². The van der Waals surface area contributed by atoms with Crippen LogP contribution in [0.25, 0.3) is 0 Å². The summed E-state index contributed by atoms with van der Waals surface area (Å²) in [6.45, 7) is 3.82. The number of benzene rings is 1.